The smallest absolute Gasteiger partial charge is 0.333 e. The highest BCUT2D eigenvalue weighted by Crippen LogP contribution is 2.28. The second kappa shape index (κ2) is 6.42. The number of para-hydroxylation sites is 3. The summed E-state index contributed by atoms with van der Waals surface area (Å²) in [5.74, 6) is 1.30. The van der Waals surface area contributed by atoms with Crippen molar-refractivity contribution in [3.63, 3.8) is 0 Å². The Bertz CT molecular complexity index is 543. The van der Waals surface area contributed by atoms with E-state index in [4.69, 9.17) is 4.74 Å². The molecule has 0 aliphatic rings. The fourth-order valence-electron chi connectivity index (χ4n) is 1.54. The molecule has 2 amide bonds. The quantitative estimate of drug-likeness (QED) is 0.738. The maximum absolute atomic E-state index is 11.5. The van der Waals surface area contributed by atoms with Gasteiger partial charge in [-0.25, -0.2) is 10.2 Å². The molecule has 0 spiro atoms. The Labute approximate surface area is 111 Å². The fourth-order valence-corrected chi connectivity index (χ4v) is 1.54. The van der Waals surface area contributed by atoms with Crippen molar-refractivity contribution >= 4 is 11.7 Å². The number of amides is 2. The monoisotopic (exact) mass is 257 g/mol. The van der Waals surface area contributed by atoms with E-state index < -0.39 is 0 Å². The summed E-state index contributed by atoms with van der Waals surface area (Å²) < 4.78 is 5.73. The molecule has 98 valence electrons. The van der Waals surface area contributed by atoms with Crippen LogP contribution in [0.5, 0.6) is 11.5 Å². The predicted octanol–water partition coefficient (Wildman–Crippen LogP) is 2.73. The number of rotatable bonds is 4. The van der Waals surface area contributed by atoms with E-state index in [0.717, 1.165) is 0 Å². The molecule has 0 aliphatic carbocycles. The van der Waals surface area contributed by atoms with Gasteiger partial charge in [-0.1, -0.05) is 30.3 Å². The van der Waals surface area contributed by atoms with Crippen LogP contribution in [0.2, 0.25) is 0 Å². The van der Waals surface area contributed by atoms with Crippen LogP contribution in [0, 0.1) is 0 Å². The third-order valence-electron chi connectivity index (χ3n) is 2.34. The molecule has 0 heterocycles. The second-order valence-electron chi connectivity index (χ2n) is 3.74. The Morgan fingerprint density at radius 1 is 1.00 bits per heavy atom. The molecular formula is C14H15N3O2. The Kier molecular flexibility index (Phi) is 4.36. The fraction of sp³-hybridized carbons (Fsp3) is 0.0714. The van der Waals surface area contributed by atoms with E-state index in [0.29, 0.717) is 17.2 Å². The summed E-state index contributed by atoms with van der Waals surface area (Å²) in [7, 11) is 1.62. The minimum absolute atomic E-state index is 0.355. The maximum atomic E-state index is 11.5. The van der Waals surface area contributed by atoms with Crippen LogP contribution in [-0.4, -0.2) is 13.1 Å². The number of anilines is 1. The molecule has 19 heavy (non-hydrogen) atoms. The molecule has 0 saturated heterocycles. The van der Waals surface area contributed by atoms with Gasteiger partial charge in [-0.15, -0.1) is 0 Å². The molecule has 0 atom stereocenters. The van der Waals surface area contributed by atoms with Gasteiger partial charge in [-0.2, -0.15) is 0 Å². The lowest BCUT2D eigenvalue weighted by molar-refractivity contribution is 0.249. The lowest BCUT2D eigenvalue weighted by Crippen LogP contribution is -2.37. The topological polar surface area (TPSA) is 62.4 Å². The molecule has 2 aromatic rings. The zero-order valence-electron chi connectivity index (χ0n) is 10.5. The molecular weight excluding hydrogens is 242 g/mol. The average Bonchev–Trinajstić information content (AvgIpc) is 2.42. The third kappa shape index (κ3) is 3.72. The normalized spacial score (nSPS) is 9.74. The molecule has 2 rings (SSSR count). The molecule has 5 nitrogen and oxygen atoms in total. The van der Waals surface area contributed by atoms with Crippen molar-refractivity contribution in [3.8, 4) is 11.5 Å². The van der Waals surface area contributed by atoms with Crippen LogP contribution in [0.1, 0.15) is 0 Å². The summed E-state index contributed by atoms with van der Waals surface area (Å²) in [4.78, 5) is 11.5. The Hall–Kier alpha value is -2.53. The van der Waals surface area contributed by atoms with Crippen molar-refractivity contribution in [2.24, 2.45) is 0 Å². The van der Waals surface area contributed by atoms with Gasteiger partial charge in [0.1, 0.15) is 5.75 Å². The standard InChI is InChI=1S/C14H15N3O2/c1-15-17-14(18)16-12-9-5-6-10-13(12)19-11-7-3-2-4-8-11/h2-10,15H,1H3,(H2,16,17,18). The number of hydrazine groups is 1. The van der Waals surface area contributed by atoms with E-state index in [1.165, 1.54) is 0 Å². The predicted molar refractivity (Wildman–Crippen MR) is 74.2 cm³/mol. The van der Waals surface area contributed by atoms with E-state index >= 15 is 0 Å². The number of nitrogens with one attached hydrogen (secondary N) is 3. The van der Waals surface area contributed by atoms with E-state index in [2.05, 4.69) is 16.2 Å². The van der Waals surface area contributed by atoms with Gasteiger partial charge in [-0.3, -0.25) is 5.43 Å². The minimum atomic E-state index is -0.355. The van der Waals surface area contributed by atoms with Crippen molar-refractivity contribution < 1.29 is 9.53 Å². The highest BCUT2D eigenvalue weighted by molar-refractivity contribution is 5.90. The average molecular weight is 257 g/mol. The van der Waals surface area contributed by atoms with Crippen molar-refractivity contribution in [2.75, 3.05) is 12.4 Å². The molecule has 0 unspecified atom stereocenters. The molecule has 2 aromatic carbocycles. The lowest BCUT2D eigenvalue weighted by Gasteiger charge is -2.12. The van der Waals surface area contributed by atoms with Gasteiger partial charge in [-0.05, 0) is 24.3 Å². The van der Waals surface area contributed by atoms with Crippen LogP contribution in [0.3, 0.4) is 0 Å². The highest BCUT2D eigenvalue weighted by atomic mass is 16.5. The maximum Gasteiger partial charge on any atom is 0.333 e. The number of urea groups is 1. The van der Waals surface area contributed by atoms with E-state index in [1.54, 1.807) is 19.2 Å². The van der Waals surface area contributed by atoms with E-state index in [9.17, 15) is 4.79 Å². The second-order valence-corrected chi connectivity index (χ2v) is 3.74. The van der Waals surface area contributed by atoms with Crippen molar-refractivity contribution in [3.05, 3.63) is 54.6 Å². The molecule has 3 N–H and O–H groups in total. The van der Waals surface area contributed by atoms with Crippen LogP contribution in [-0.2, 0) is 0 Å². The molecule has 0 saturated carbocycles. The van der Waals surface area contributed by atoms with Crippen LogP contribution >= 0.6 is 0 Å². The number of carbonyl (C=O) groups excluding carboxylic acids is 1. The minimum Gasteiger partial charge on any atom is -0.455 e. The molecule has 5 heteroatoms. The Balaban J connectivity index is 2.14. The Morgan fingerprint density at radius 2 is 1.68 bits per heavy atom. The molecule has 0 aliphatic heterocycles. The van der Waals surface area contributed by atoms with Crippen molar-refractivity contribution in [1.29, 1.82) is 0 Å². The van der Waals surface area contributed by atoms with Gasteiger partial charge in [0.25, 0.3) is 0 Å². The molecule has 0 aromatic heterocycles. The molecule has 0 radical (unpaired) electrons. The van der Waals surface area contributed by atoms with Gasteiger partial charge in [0.2, 0.25) is 0 Å². The van der Waals surface area contributed by atoms with Gasteiger partial charge in [0.05, 0.1) is 5.69 Å². The molecule has 0 bridgehead atoms. The van der Waals surface area contributed by atoms with Crippen molar-refractivity contribution in [1.82, 2.24) is 10.9 Å². The summed E-state index contributed by atoms with van der Waals surface area (Å²) in [5.41, 5.74) is 5.58. The lowest BCUT2D eigenvalue weighted by atomic mass is 10.3. The number of hydrogen-bond acceptors (Lipinski definition) is 3. The van der Waals surface area contributed by atoms with E-state index in [1.807, 2.05) is 42.5 Å². The largest absolute Gasteiger partial charge is 0.455 e. The first-order chi connectivity index (χ1) is 9.29. The number of carbonyl (C=O) groups is 1. The number of benzene rings is 2. The summed E-state index contributed by atoms with van der Waals surface area (Å²) in [6, 6.07) is 16.3. The van der Waals surface area contributed by atoms with Crippen LogP contribution < -0.4 is 20.9 Å². The highest BCUT2D eigenvalue weighted by Gasteiger charge is 2.07. The first kappa shape index (κ1) is 12.9. The summed E-state index contributed by atoms with van der Waals surface area (Å²) in [6.45, 7) is 0. The summed E-state index contributed by atoms with van der Waals surface area (Å²) >= 11 is 0. The number of ether oxygens (including phenoxy) is 1. The van der Waals surface area contributed by atoms with Crippen molar-refractivity contribution in [2.45, 2.75) is 0 Å². The zero-order chi connectivity index (χ0) is 13.5. The van der Waals surface area contributed by atoms with Gasteiger partial charge in [0.15, 0.2) is 5.75 Å². The van der Waals surface area contributed by atoms with Gasteiger partial charge >= 0.3 is 6.03 Å². The summed E-state index contributed by atoms with van der Waals surface area (Å²) in [5, 5.41) is 2.69. The first-order valence-electron chi connectivity index (χ1n) is 5.85. The van der Waals surface area contributed by atoms with Crippen LogP contribution in [0.4, 0.5) is 10.5 Å². The SMILES string of the molecule is CNNC(=O)Nc1ccccc1Oc1ccccc1. The Morgan fingerprint density at radius 3 is 2.42 bits per heavy atom. The number of hydrogen-bond donors (Lipinski definition) is 3. The molecule has 0 fully saturated rings. The first-order valence-corrected chi connectivity index (χ1v) is 5.85. The summed E-state index contributed by atoms with van der Waals surface area (Å²) in [6.07, 6.45) is 0. The zero-order valence-corrected chi connectivity index (χ0v) is 10.5. The van der Waals surface area contributed by atoms with Crippen LogP contribution in [0.25, 0.3) is 0 Å². The van der Waals surface area contributed by atoms with E-state index in [-0.39, 0.29) is 6.03 Å². The van der Waals surface area contributed by atoms with Gasteiger partial charge in [0, 0.05) is 7.05 Å². The van der Waals surface area contributed by atoms with Crippen LogP contribution in [0.15, 0.2) is 54.6 Å². The third-order valence-corrected chi connectivity index (χ3v) is 2.34. The van der Waals surface area contributed by atoms with Gasteiger partial charge < -0.3 is 10.1 Å².